The van der Waals surface area contributed by atoms with Crippen LogP contribution in [0.5, 0.6) is 0 Å². The molecule has 1 saturated heterocycles. The zero-order valence-corrected chi connectivity index (χ0v) is 14.7. The number of halogens is 3. The van der Waals surface area contributed by atoms with E-state index < -0.39 is 23.9 Å². The molecule has 1 atom stereocenters. The van der Waals surface area contributed by atoms with E-state index in [1.54, 1.807) is 6.07 Å². The third-order valence-electron chi connectivity index (χ3n) is 4.65. The summed E-state index contributed by atoms with van der Waals surface area (Å²) in [6.45, 7) is 1.64. The van der Waals surface area contributed by atoms with E-state index in [2.05, 4.69) is 15.4 Å². The van der Waals surface area contributed by atoms with E-state index in [1.807, 2.05) is 0 Å². The zero-order chi connectivity index (χ0) is 19.7. The molecule has 1 aliphatic rings. The zero-order valence-electron chi connectivity index (χ0n) is 14.7. The van der Waals surface area contributed by atoms with Gasteiger partial charge in [-0.3, -0.25) is 14.5 Å². The summed E-state index contributed by atoms with van der Waals surface area (Å²) < 4.78 is 46.5. The summed E-state index contributed by atoms with van der Waals surface area (Å²) in [6, 6.07) is 5.23. The maximum Gasteiger partial charge on any atom is 0.266 e. The lowest BCUT2D eigenvalue weighted by atomic mass is 10.0. The highest BCUT2D eigenvalue weighted by Crippen LogP contribution is 2.29. The van der Waals surface area contributed by atoms with Gasteiger partial charge in [0.2, 0.25) is 0 Å². The smallest absolute Gasteiger partial charge is 0.266 e. The Bertz CT molecular complexity index is 1020. The van der Waals surface area contributed by atoms with Gasteiger partial charge in [0.1, 0.15) is 24.0 Å². The number of Topliss-reactive ketones (excluding diaryl/α,β-unsaturated/α-hetero) is 1. The van der Waals surface area contributed by atoms with Gasteiger partial charge in [-0.1, -0.05) is 6.07 Å². The number of nitrogens with zero attached hydrogens (tertiary/aromatic N) is 3. The van der Waals surface area contributed by atoms with Crippen molar-refractivity contribution >= 4 is 16.8 Å². The third-order valence-corrected chi connectivity index (χ3v) is 4.65. The molecule has 1 aromatic carbocycles. The number of benzene rings is 1. The molecule has 2 aromatic heterocycles. The Kier molecular flexibility index (Phi) is 5.10. The Morgan fingerprint density at radius 2 is 2.14 bits per heavy atom. The van der Waals surface area contributed by atoms with Crippen molar-refractivity contribution in [2.24, 2.45) is 0 Å². The average Bonchev–Trinajstić information content (AvgIpc) is 3.11. The van der Waals surface area contributed by atoms with E-state index in [-0.39, 0.29) is 12.3 Å². The minimum absolute atomic E-state index is 0.00663. The fraction of sp³-hybridized carbons (Fsp3) is 0.316. The van der Waals surface area contributed by atoms with Crippen LogP contribution in [0.2, 0.25) is 0 Å². The summed E-state index contributed by atoms with van der Waals surface area (Å²) >= 11 is 0. The van der Waals surface area contributed by atoms with Crippen LogP contribution in [0.25, 0.3) is 22.2 Å². The highest BCUT2D eigenvalue weighted by molar-refractivity contribution is 5.86. The van der Waals surface area contributed by atoms with Crippen LogP contribution in [0.4, 0.5) is 13.2 Å². The second-order valence-corrected chi connectivity index (χ2v) is 6.50. The number of rotatable bonds is 5. The van der Waals surface area contributed by atoms with Crippen molar-refractivity contribution in [3.63, 3.8) is 0 Å². The predicted molar refractivity (Wildman–Crippen MR) is 95.5 cm³/mol. The van der Waals surface area contributed by atoms with Gasteiger partial charge in [-0.15, -0.1) is 0 Å². The maximum atomic E-state index is 13.6. The van der Waals surface area contributed by atoms with Crippen LogP contribution in [0.1, 0.15) is 12.0 Å². The Morgan fingerprint density at radius 3 is 2.89 bits per heavy atom. The van der Waals surface area contributed by atoms with Crippen molar-refractivity contribution in [3.8, 4) is 11.1 Å². The largest absolute Gasteiger partial charge is 0.368 e. The summed E-state index contributed by atoms with van der Waals surface area (Å²) in [4.78, 5) is 16.7. The van der Waals surface area contributed by atoms with Crippen molar-refractivity contribution in [1.82, 2.24) is 20.1 Å². The van der Waals surface area contributed by atoms with Crippen molar-refractivity contribution in [3.05, 3.63) is 48.0 Å². The van der Waals surface area contributed by atoms with E-state index >= 15 is 0 Å². The molecule has 9 heteroatoms. The SMILES string of the molecule is O=C(Cn1ncc2ncc(-c3ccc(F)c(C(F)F)c3)cc21)C1CNCCO1. The monoisotopic (exact) mass is 390 g/mol. The van der Waals surface area contributed by atoms with Gasteiger partial charge < -0.3 is 10.1 Å². The van der Waals surface area contributed by atoms with Gasteiger partial charge >= 0.3 is 0 Å². The first-order valence-electron chi connectivity index (χ1n) is 8.77. The van der Waals surface area contributed by atoms with Crippen molar-refractivity contribution < 1.29 is 22.7 Å². The average molecular weight is 390 g/mol. The lowest BCUT2D eigenvalue weighted by molar-refractivity contribution is -0.132. The first kappa shape index (κ1) is 18.6. The number of hydrogen-bond acceptors (Lipinski definition) is 5. The molecule has 1 fully saturated rings. The first-order valence-corrected chi connectivity index (χ1v) is 8.77. The van der Waals surface area contributed by atoms with Crippen LogP contribution in [0.15, 0.2) is 36.7 Å². The Hall–Kier alpha value is -2.78. The van der Waals surface area contributed by atoms with Gasteiger partial charge in [0.05, 0.1) is 23.9 Å². The summed E-state index contributed by atoms with van der Waals surface area (Å²) in [6.07, 6.45) is -0.409. The lowest BCUT2D eigenvalue weighted by Crippen LogP contribution is -2.44. The molecule has 1 unspecified atom stereocenters. The molecule has 3 aromatic rings. The predicted octanol–water partition coefficient (Wildman–Crippen LogP) is 2.73. The van der Waals surface area contributed by atoms with Gasteiger partial charge in [-0.25, -0.2) is 13.2 Å². The number of aromatic nitrogens is 3. The Balaban J connectivity index is 1.65. The number of hydrogen-bond donors (Lipinski definition) is 1. The fourth-order valence-electron chi connectivity index (χ4n) is 3.15. The van der Waals surface area contributed by atoms with Crippen molar-refractivity contribution in [2.75, 3.05) is 19.7 Å². The minimum atomic E-state index is -2.91. The molecule has 0 amide bonds. The van der Waals surface area contributed by atoms with Gasteiger partial charge in [0, 0.05) is 24.8 Å². The highest BCUT2D eigenvalue weighted by Gasteiger charge is 2.23. The summed E-state index contributed by atoms with van der Waals surface area (Å²) in [7, 11) is 0. The molecular weight excluding hydrogens is 373 g/mol. The minimum Gasteiger partial charge on any atom is -0.368 e. The van der Waals surface area contributed by atoms with Gasteiger partial charge in [0.15, 0.2) is 5.78 Å². The molecule has 6 nitrogen and oxygen atoms in total. The van der Waals surface area contributed by atoms with Gasteiger partial charge in [-0.05, 0) is 23.8 Å². The first-order chi connectivity index (χ1) is 13.5. The van der Waals surface area contributed by atoms with Crippen LogP contribution in [0.3, 0.4) is 0 Å². The van der Waals surface area contributed by atoms with Gasteiger partial charge in [-0.2, -0.15) is 5.10 Å². The molecular formula is C19H17F3N4O2. The van der Waals surface area contributed by atoms with E-state index in [0.717, 1.165) is 12.1 Å². The number of morpholine rings is 1. The number of pyridine rings is 1. The van der Waals surface area contributed by atoms with Crippen LogP contribution >= 0.6 is 0 Å². The summed E-state index contributed by atoms with van der Waals surface area (Å²) in [5.41, 5.74) is 1.42. The van der Waals surface area contributed by atoms with E-state index in [1.165, 1.54) is 23.1 Å². The third kappa shape index (κ3) is 3.63. The number of fused-ring (bicyclic) bond motifs is 1. The molecule has 0 radical (unpaired) electrons. The molecule has 28 heavy (non-hydrogen) atoms. The molecule has 1 N–H and O–H groups in total. The van der Waals surface area contributed by atoms with E-state index in [9.17, 15) is 18.0 Å². The molecule has 4 rings (SSSR count). The quantitative estimate of drug-likeness (QED) is 0.726. The van der Waals surface area contributed by atoms with Crippen molar-refractivity contribution in [2.45, 2.75) is 19.1 Å². The maximum absolute atomic E-state index is 13.6. The van der Waals surface area contributed by atoms with Crippen molar-refractivity contribution in [1.29, 1.82) is 0 Å². The second kappa shape index (κ2) is 7.69. The number of carbonyl (C=O) groups excluding carboxylic acids is 1. The number of ketones is 1. The van der Waals surface area contributed by atoms with E-state index in [4.69, 9.17) is 4.74 Å². The fourth-order valence-corrected chi connectivity index (χ4v) is 3.15. The standard InChI is InChI=1S/C19H17F3N4O2/c20-14-2-1-11(5-13(14)19(21)22)12-6-16-15(24-7-12)8-25-26(16)10-17(27)18-9-23-3-4-28-18/h1-2,5-8,18-19,23H,3-4,9-10H2. The highest BCUT2D eigenvalue weighted by atomic mass is 19.3. The molecule has 0 aliphatic carbocycles. The number of carbonyl (C=O) groups is 1. The summed E-state index contributed by atoms with van der Waals surface area (Å²) in [5.74, 6) is -1.08. The molecule has 0 bridgehead atoms. The molecule has 3 heterocycles. The number of ether oxygens (including phenoxy) is 1. The Morgan fingerprint density at radius 1 is 1.29 bits per heavy atom. The molecule has 146 valence electrons. The lowest BCUT2D eigenvalue weighted by Gasteiger charge is -2.22. The summed E-state index contributed by atoms with van der Waals surface area (Å²) in [5, 5.41) is 7.30. The topological polar surface area (TPSA) is 69.0 Å². The Labute approximate surface area is 158 Å². The van der Waals surface area contributed by atoms with E-state index in [0.29, 0.717) is 41.9 Å². The molecule has 0 spiro atoms. The van der Waals surface area contributed by atoms with Crippen LogP contribution < -0.4 is 5.32 Å². The molecule has 1 aliphatic heterocycles. The second-order valence-electron chi connectivity index (χ2n) is 6.50. The van der Waals surface area contributed by atoms with Crippen LogP contribution in [0, 0.1) is 5.82 Å². The number of nitrogens with one attached hydrogen (secondary N) is 1. The molecule has 0 saturated carbocycles. The number of alkyl halides is 2. The van der Waals surface area contributed by atoms with Crippen LogP contribution in [-0.4, -0.2) is 46.3 Å². The van der Waals surface area contributed by atoms with Crippen LogP contribution in [-0.2, 0) is 16.1 Å². The van der Waals surface area contributed by atoms with Gasteiger partial charge in [0.25, 0.3) is 6.43 Å². The normalized spacial score (nSPS) is 17.4.